The first-order valence-electron chi connectivity index (χ1n) is 16.9. The number of carbonyl (C=O) groups excluding carboxylic acids is 3. The molecule has 5 aliphatic rings. The quantitative estimate of drug-likeness (QED) is 0.427. The van der Waals surface area contributed by atoms with Crippen molar-refractivity contribution in [1.29, 1.82) is 0 Å². The minimum Gasteiger partial charge on any atom is -0.493 e. The van der Waals surface area contributed by atoms with Crippen molar-refractivity contribution in [3.63, 3.8) is 0 Å². The number of rotatable bonds is 10. The van der Waals surface area contributed by atoms with E-state index in [1.807, 2.05) is 36.1 Å². The van der Waals surface area contributed by atoms with E-state index in [1.165, 1.54) is 6.42 Å². The minimum atomic E-state index is -0.632. The largest absolute Gasteiger partial charge is 0.493 e. The van der Waals surface area contributed by atoms with E-state index in [2.05, 4.69) is 22.5 Å². The fourth-order valence-corrected chi connectivity index (χ4v) is 8.13. The molecule has 43 heavy (non-hydrogen) atoms. The van der Waals surface area contributed by atoms with E-state index in [-0.39, 0.29) is 47.7 Å². The lowest BCUT2D eigenvalue weighted by Gasteiger charge is -2.45. The average molecular weight is 595 g/mol. The van der Waals surface area contributed by atoms with Gasteiger partial charge in [0.2, 0.25) is 17.7 Å². The van der Waals surface area contributed by atoms with Crippen molar-refractivity contribution in [2.75, 3.05) is 32.8 Å². The molecule has 6 atom stereocenters. The second-order valence-corrected chi connectivity index (χ2v) is 13.4. The van der Waals surface area contributed by atoms with Crippen molar-refractivity contribution >= 4 is 17.7 Å². The first-order chi connectivity index (χ1) is 21.0. The Morgan fingerprint density at radius 3 is 2.51 bits per heavy atom. The van der Waals surface area contributed by atoms with Crippen LogP contribution in [0.3, 0.4) is 0 Å². The summed E-state index contributed by atoms with van der Waals surface area (Å²) < 4.78 is 11.8. The van der Waals surface area contributed by atoms with Gasteiger partial charge in [-0.05, 0) is 63.4 Å². The number of fused-ring (bicyclic) bond motifs is 2. The van der Waals surface area contributed by atoms with Crippen molar-refractivity contribution < 1.29 is 23.9 Å². The van der Waals surface area contributed by atoms with Gasteiger partial charge in [-0.1, -0.05) is 44.4 Å². The molecule has 2 aliphatic carbocycles. The Morgan fingerprint density at radius 1 is 0.977 bits per heavy atom. The molecule has 6 rings (SSSR count). The molecule has 3 amide bonds. The Kier molecular flexibility index (Phi) is 9.57. The van der Waals surface area contributed by atoms with Crippen LogP contribution in [-0.2, 0) is 19.1 Å². The van der Waals surface area contributed by atoms with Gasteiger partial charge in [0.25, 0.3) is 0 Å². The van der Waals surface area contributed by atoms with E-state index >= 15 is 0 Å². The fourth-order valence-electron chi connectivity index (χ4n) is 8.13. The van der Waals surface area contributed by atoms with Gasteiger partial charge in [0.15, 0.2) is 0 Å². The van der Waals surface area contributed by atoms with Crippen LogP contribution >= 0.6 is 0 Å². The SMILES string of the molecule is CCO[C@@H]1C[C@@H]2CN(C(=O)[C@@H](NC(=O)[C@@H](CC)C3CC3)C3CCCCC3)[C@H](C(=O)N[C@@H]3CCOc4ccccc43)CN2C1. The minimum absolute atomic E-state index is 0.0182. The first-order valence-corrected chi connectivity index (χ1v) is 16.9. The van der Waals surface area contributed by atoms with Gasteiger partial charge in [-0.2, -0.15) is 0 Å². The Balaban J connectivity index is 1.25. The number of para-hydroxylation sites is 1. The van der Waals surface area contributed by atoms with Gasteiger partial charge < -0.3 is 25.0 Å². The molecule has 236 valence electrons. The summed E-state index contributed by atoms with van der Waals surface area (Å²) in [4.78, 5) is 46.6. The van der Waals surface area contributed by atoms with Crippen LogP contribution in [-0.4, -0.2) is 84.6 Å². The molecule has 1 aromatic carbocycles. The highest BCUT2D eigenvalue weighted by Crippen LogP contribution is 2.39. The number of nitrogens with one attached hydrogen (secondary N) is 2. The van der Waals surface area contributed by atoms with Crippen LogP contribution in [0.15, 0.2) is 24.3 Å². The molecule has 3 heterocycles. The van der Waals surface area contributed by atoms with Crippen LogP contribution in [0.5, 0.6) is 5.75 Å². The van der Waals surface area contributed by atoms with Gasteiger partial charge in [-0.25, -0.2) is 0 Å². The van der Waals surface area contributed by atoms with E-state index < -0.39 is 12.1 Å². The average Bonchev–Trinajstić information content (AvgIpc) is 3.78. The number of carbonyl (C=O) groups is 3. The standard InChI is InChI=1S/C34H50N4O5/c1-3-26(22-14-15-22)32(39)36-31(23-10-6-5-7-11-23)34(41)38-19-24-18-25(42-4-2)20-37(24)21-29(38)33(40)35-28-16-17-43-30-13-9-8-12-27(28)30/h8-9,12-13,22-26,28-29,31H,3-7,10-11,14-21H2,1-2H3,(H,35,40)(H,36,39)/t24-,25-,26+,28-,29+,31+/m1/s1. The normalized spacial score (nSPS) is 29.1. The Bertz CT molecular complexity index is 1150. The van der Waals surface area contributed by atoms with Gasteiger partial charge in [0.05, 0.1) is 18.8 Å². The van der Waals surface area contributed by atoms with E-state index in [4.69, 9.17) is 9.47 Å². The molecule has 0 aromatic heterocycles. The molecule has 0 bridgehead atoms. The topological polar surface area (TPSA) is 100 Å². The smallest absolute Gasteiger partial charge is 0.246 e. The summed E-state index contributed by atoms with van der Waals surface area (Å²) in [5, 5.41) is 6.58. The fraction of sp³-hybridized carbons (Fsp3) is 0.735. The molecule has 2 saturated carbocycles. The maximum Gasteiger partial charge on any atom is 0.246 e. The zero-order chi connectivity index (χ0) is 29.9. The van der Waals surface area contributed by atoms with Crippen LogP contribution < -0.4 is 15.4 Å². The molecular formula is C34H50N4O5. The zero-order valence-corrected chi connectivity index (χ0v) is 26.0. The zero-order valence-electron chi connectivity index (χ0n) is 26.0. The van der Waals surface area contributed by atoms with Crippen LogP contribution in [0.2, 0.25) is 0 Å². The monoisotopic (exact) mass is 594 g/mol. The molecule has 4 fully saturated rings. The van der Waals surface area contributed by atoms with Crippen LogP contribution in [0.4, 0.5) is 0 Å². The maximum absolute atomic E-state index is 14.7. The molecule has 0 unspecified atom stereocenters. The van der Waals surface area contributed by atoms with Gasteiger partial charge in [0.1, 0.15) is 17.8 Å². The number of amides is 3. The highest BCUT2D eigenvalue weighted by Gasteiger charge is 2.48. The number of ether oxygens (including phenoxy) is 2. The first kappa shape index (κ1) is 30.4. The molecule has 2 saturated heterocycles. The van der Waals surface area contributed by atoms with E-state index in [0.29, 0.717) is 38.6 Å². The molecular weight excluding hydrogens is 544 g/mol. The van der Waals surface area contributed by atoms with Crippen LogP contribution in [0, 0.1) is 17.8 Å². The highest BCUT2D eigenvalue weighted by atomic mass is 16.5. The van der Waals surface area contributed by atoms with Crippen molar-refractivity contribution in [2.45, 2.75) is 108 Å². The molecule has 9 heteroatoms. The van der Waals surface area contributed by atoms with Crippen molar-refractivity contribution in [2.24, 2.45) is 17.8 Å². The Morgan fingerprint density at radius 2 is 1.77 bits per heavy atom. The maximum atomic E-state index is 14.7. The van der Waals surface area contributed by atoms with Crippen LogP contribution in [0.1, 0.15) is 89.7 Å². The van der Waals surface area contributed by atoms with Crippen LogP contribution in [0.25, 0.3) is 0 Å². The summed E-state index contributed by atoms with van der Waals surface area (Å²) >= 11 is 0. The van der Waals surface area contributed by atoms with Crippen molar-refractivity contribution in [1.82, 2.24) is 20.4 Å². The summed E-state index contributed by atoms with van der Waals surface area (Å²) in [6.07, 6.45) is 9.79. The molecule has 3 aliphatic heterocycles. The van der Waals surface area contributed by atoms with E-state index in [0.717, 1.165) is 69.2 Å². The molecule has 9 nitrogen and oxygen atoms in total. The number of hydrogen-bond acceptors (Lipinski definition) is 6. The van der Waals surface area contributed by atoms with E-state index in [9.17, 15) is 14.4 Å². The van der Waals surface area contributed by atoms with Gasteiger partial charge in [-0.3, -0.25) is 19.3 Å². The lowest BCUT2D eigenvalue weighted by molar-refractivity contribution is -0.150. The van der Waals surface area contributed by atoms with Gasteiger partial charge in [-0.15, -0.1) is 0 Å². The third kappa shape index (κ3) is 6.72. The Hall–Kier alpha value is -2.65. The number of hydrogen-bond donors (Lipinski definition) is 2. The van der Waals surface area contributed by atoms with Gasteiger partial charge in [0, 0.05) is 50.2 Å². The van der Waals surface area contributed by atoms with Crippen molar-refractivity contribution in [3.05, 3.63) is 29.8 Å². The summed E-state index contributed by atoms with van der Waals surface area (Å²) in [6.45, 7) is 6.99. The second-order valence-electron chi connectivity index (χ2n) is 13.4. The highest BCUT2D eigenvalue weighted by molar-refractivity contribution is 5.93. The van der Waals surface area contributed by atoms with Gasteiger partial charge >= 0.3 is 0 Å². The lowest BCUT2D eigenvalue weighted by atomic mass is 9.82. The Labute approximate surface area is 256 Å². The lowest BCUT2D eigenvalue weighted by Crippen LogP contribution is -2.66. The third-order valence-electron chi connectivity index (χ3n) is 10.6. The molecule has 0 radical (unpaired) electrons. The summed E-state index contributed by atoms with van der Waals surface area (Å²) in [5.74, 6) is 1.10. The summed E-state index contributed by atoms with van der Waals surface area (Å²) in [5.41, 5.74) is 0.976. The predicted molar refractivity (Wildman–Crippen MR) is 163 cm³/mol. The number of piperazine rings is 1. The second kappa shape index (κ2) is 13.6. The van der Waals surface area contributed by atoms with Crippen molar-refractivity contribution in [3.8, 4) is 5.75 Å². The molecule has 0 spiro atoms. The van der Waals surface area contributed by atoms with E-state index in [1.54, 1.807) is 0 Å². The molecule has 1 aromatic rings. The predicted octanol–water partition coefficient (Wildman–Crippen LogP) is 3.82. The number of benzene rings is 1. The molecule has 2 N–H and O–H groups in total. The number of nitrogens with zero attached hydrogens (tertiary/aromatic N) is 2. The summed E-state index contributed by atoms with van der Waals surface area (Å²) in [6, 6.07) is 6.61. The summed E-state index contributed by atoms with van der Waals surface area (Å²) in [7, 11) is 0. The third-order valence-corrected chi connectivity index (χ3v) is 10.6.